The number of cyclic esters (lactones) is 1. The highest BCUT2D eigenvalue weighted by Crippen LogP contribution is 2.83. The van der Waals surface area contributed by atoms with Crippen molar-refractivity contribution < 1.29 is 47.4 Å². The van der Waals surface area contributed by atoms with E-state index in [-0.39, 0.29) is 35.6 Å². The number of fused-ring (bicyclic) bond motifs is 4. The first-order chi connectivity index (χ1) is 14.6. The smallest absolute Gasteiger partial charge is 0.458 e. The van der Waals surface area contributed by atoms with Crippen LogP contribution >= 0.6 is 7.82 Å². The van der Waals surface area contributed by atoms with Crippen LogP contribution in [0.15, 0.2) is 11.1 Å². The number of phosphoric acid groups is 1. The highest BCUT2D eigenvalue weighted by molar-refractivity contribution is 7.46. The van der Waals surface area contributed by atoms with E-state index in [0.717, 1.165) is 24.0 Å². The molecule has 4 heterocycles. The topological polar surface area (TPSA) is 140 Å². The largest absolute Gasteiger partial charge is 0.471 e. The monoisotopic (exact) mass is 456 g/mol. The summed E-state index contributed by atoms with van der Waals surface area (Å²) in [5.74, 6) is -0.0838. The van der Waals surface area contributed by atoms with Crippen LogP contribution in [-0.2, 0) is 37.6 Å². The standard InChI is InChI=1S/C20H25O10P/c1-3-18-13(29-18)14-20(30-14)17(2)5-4-9-10(7-25-15(9)21)11(17)6-12-19(20,28-12)16(18)26-8-27-31(22,23)24/h11-14,16H,3-8H2,1-2H3,(H2,22,23,24)/t11-,12-,13-,14-,16+,17-,18-,19+,20+/m0/s1. The fourth-order valence-electron chi connectivity index (χ4n) is 7.86. The molecule has 5 fully saturated rings. The SMILES string of the molecule is CC[C@]12O[C@H]1[C@@H]1O[C@]13[C@]1(O[C@H]1C[C@H]1C4=C(CC[C@@]13C)C(=O)OC4)[C@@H]2OCOP(=O)(O)O. The molecule has 7 aliphatic rings. The number of rotatable bonds is 5. The third-order valence-corrected chi connectivity index (χ3v) is 9.70. The number of ether oxygens (including phenoxy) is 5. The van der Waals surface area contributed by atoms with Crippen LogP contribution in [0.3, 0.4) is 0 Å². The van der Waals surface area contributed by atoms with E-state index in [4.69, 9.17) is 33.5 Å². The molecule has 0 aromatic heterocycles. The van der Waals surface area contributed by atoms with E-state index in [0.29, 0.717) is 19.4 Å². The number of carbonyl (C=O) groups excluding carboxylic acids is 1. The molecule has 7 rings (SSSR count). The lowest BCUT2D eigenvalue weighted by atomic mass is 9.47. The summed E-state index contributed by atoms with van der Waals surface area (Å²) in [5.41, 5.74) is -0.358. The van der Waals surface area contributed by atoms with Gasteiger partial charge in [-0.2, -0.15) is 0 Å². The first-order valence-electron chi connectivity index (χ1n) is 10.9. The summed E-state index contributed by atoms with van der Waals surface area (Å²) in [6, 6.07) is 0. The van der Waals surface area contributed by atoms with Gasteiger partial charge < -0.3 is 33.5 Å². The molecule has 170 valence electrons. The molecule has 9 atom stereocenters. The van der Waals surface area contributed by atoms with Crippen molar-refractivity contribution in [3.05, 3.63) is 11.1 Å². The Morgan fingerprint density at radius 3 is 2.77 bits per heavy atom. The van der Waals surface area contributed by atoms with Crippen LogP contribution in [0, 0.1) is 11.3 Å². The molecule has 0 bridgehead atoms. The van der Waals surface area contributed by atoms with Crippen molar-refractivity contribution >= 4 is 13.8 Å². The number of carbonyl (C=O) groups is 1. The van der Waals surface area contributed by atoms with Crippen molar-refractivity contribution in [1.82, 2.24) is 0 Å². The first kappa shape index (κ1) is 19.6. The van der Waals surface area contributed by atoms with Gasteiger partial charge in [-0.3, -0.25) is 4.52 Å². The van der Waals surface area contributed by atoms with Gasteiger partial charge in [0.1, 0.15) is 36.1 Å². The van der Waals surface area contributed by atoms with Gasteiger partial charge in [-0.1, -0.05) is 13.8 Å². The Morgan fingerprint density at radius 2 is 2.03 bits per heavy atom. The van der Waals surface area contributed by atoms with Gasteiger partial charge in [0.25, 0.3) is 0 Å². The van der Waals surface area contributed by atoms with Crippen LogP contribution in [0.1, 0.15) is 39.5 Å². The molecule has 0 radical (unpaired) electrons. The fourth-order valence-corrected chi connectivity index (χ4v) is 8.06. The third-order valence-electron chi connectivity index (χ3n) is 9.26. The van der Waals surface area contributed by atoms with Gasteiger partial charge >= 0.3 is 13.8 Å². The maximum atomic E-state index is 12.2. The van der Waals surface area contributed by atoms with E-state index in [9.17, 15) is 9.36 Å². The summed E-state index contributed by atoms with van der Waals surface area (Å²) in [6.07, 6.45) is 1.85. The maximum Gasteiger partial charge on any atom is 0.471 e. The summed E-state index contributed by atoms with van der Waals surface area (Å²) in [5, 5.41) is 0. The lowest BCUT2D eigenvalue weighted by molar-refractivity contribution is -0.149. The van der Waals surface area contributed by atoms with E-state index in [1.54, 1.807) is 0 Å². The van der Waals surface area contributed by atoms with Crippen molar-refractivity contribution in [1.29, 1.82) is 0 Å². The van der Waals surface area contributed by atoms with Crippen LogP contribution < -0.4 is 0 Å². The van der Waals surface area contributed by atoms with Gasteiger partial charge in [0.15, 0.2) is 12.4 Å². The van der Waals surface area contributed by atoms with Crippen molar-refractivity contribution in [3.63, 3.8) is 0 Å². The predicted octanol–water partition coefficient (Wildman–Crippen LogP) is 0.948. The average Bonchev–Trinajstić information content (AvgIpc) is 3.60. The zero-order chi connectivity index (χ0) is 21.6. The van der Waals surface area contributed by atoms with E-state index in [2.05, 4.69) is 11.4 Å². The van der Waals surface area contributed by atoms with Crippen LogP contribution in [0.4, 0.5) is 0 Å². The Morgan fingerprint density at radius 1 is 1.23 bits per heavy atom. The molecule has 0 unspecified atom stereocenters. The second-order valence-electron chi connectivity index (χ2n) is 10.1. The minimum Gasteiger partial charge on any atom is -0.458 e. The Hall–Kier alpha value is -0.840. The van der Waals surface area contributed by atoms with Gasteiger partial charge in [-0.25, -0.2) is 9.36 Å². The Bertz CT molecular complexity index is 990. The lowest BCUT2D eigenvalue weighted by Gasteiger charge is -2.53. The summed E-state index contributed by atoms with van der Waals surface area (Å²) in [7, 11) is -4.67. The highest BCUT2D eigenvalue weighted by atomic mass is 31.2. The normalized spacial score (nSPS) is 55.2. The molecule has 4 aliphatic heterocycles. The quantitative estimate of drug-likeness (QED) is 0.266. The van der Waals surface area contributed by atoms with Crippen molar-refractivity contribution in [2.24, 2.45) is 11.3 Å². The summed E-state index contributed by atoms with van der Waals surface area (Å²) >= 11 is 0. The summed E-state index contributed by atoms with van der Waals surface area (Å²) in [4.78, 5) is 30.4. The Kier molecular flexibility index (Phi) is 3.45. The molecule has 0 amide bonds. The third kappa shape index (κ3) is 2.02. The lowest BCUT2D eigenvalue weighted by Crippen LogP contribution is -2.69. The van der Waals surface area contributed by atoms with Gasteiger partial charge in [0.2, 0.25) is 0 Å². The zero-order valence-corrected chi connectivity index (χ0v) is 18.1. The minimum atomic E-state index is -4.67. The van der Waals surface area contributed by atoms with Crippen molar-refractivity contribution in [2.45, 2.75) is 80.7 Å². The summed E-state index contributed by atoms with van der Waals surface area (Å²) < 4.78 is 46.4. The van der Waals surface area contributed by atoms with E-state index < -0.39 is 37.5 Å². The minimum absolute atomic E-state index is 0.118. The summed E-state index contributed by atoms with van der Waals surface area (Å²) in [6.45, 7) is 4.01. The molecule has 11 heteroatoms. The van der Waals surface area contributed by atoms with E-state index in [1.165, 1.54) is 0 Å². The van der Waals surface area contributed by atoms with Crippen LogP contribution in [0.2, 0.25) is 0 Å². The van der Waals surface area contributed by atoms with E-state index in [1.807, 2.05) is 6.92 Å². The van der Waals surface area contributed by atoms with Gasteiger partial charge in [-0.15, -0.1) is 0 Å². The maximum absolute atomic E-state index is 12.2. The number of epoxide rings is 3. The van der Waals surface area contributed by atoms with Crippen LogP contribution in [0.5, 0.6) is 0 Å². The van der Waals surface area contributed by atoms with Gasteiger partial charge in [0.05, 0.1) is 6.10 Å². The number of hydrogen-bond donors (Lipinski definition) is 2. The van der Waals surface area contributed by atoms with Gasteiger partial charge in [0, 0.05) is 11.0 Å². The van der Waals surface area contributed by atoms with Crippen molar-refractivity contribution in [2.75, 3.05) is 13.4 Å². The first-order valence-corrected chi connectivity index (χ1v) is 12.4. The number of esters is 1. The molecule has 0 aromatic rings. The average molecular weight is 456 g/mol. The molecule has 2 spiro atoms. The molecule has 2 N–H and O–H groups in total. The number of hydrogen-bond acceptors (Lipinski definition) is 8. The molecule has 2 saturated carbocycles. The van der Waals surface area contributed by atoms with Crippen LogP contribution in [-0.4, -0.2) is 70.4 Å². The van der Waals surface area contributed by atoms with Gasteiger partial charge in [-0.05, 0) is 37.2 Å². The second-order valence-corrected chi connectivity index (χ2v) is 11.3. The Labute approximate surface area is 178 Å². The molecule has 3 aliphatic carbocycles. The molecular formula is C20H25O10P. The number of phosphoric ester groups is 1. The van der Waals surface area contributed by atoms with Crippen LogP contribution in [0.25, 0.3) is 0 Å². The predicted molar refractivity (Wildman–Crippen MR) is 99.4 cm³/mol. The Balaban J connectivity index is 1.29. The molecular weight excluding hydrogens is 431 g/mol. The fraction of sp³-hybridized carbons (Fsp3) is 0.850. The molecule has 0 aromatic carbocycles. The van der Waals surface area contributed by atoms with Crippen molar-refractivity contribution in [3.8, 4) is 0 Å². The molecule has 10 nitrogen and oxygen atoms in total. The zero-order valence-electron chi connectivity index (χ0n) is 17.2. The highest BCUT2D eigenvalue weighted by Gasteiger charge is 3.00. The molecule has 31 heavy (non-hydrogen) atoms. The second kappa shape index (κ2) is 5.45. The molecule has 3 saturated heterocycles. The van der Waals surface area contributed by atoms with E-state index >= 15 is 0 Å².